The van der Waals surface area contributed by atoms with Gasteiger partial charge >= 0.3 is 0 Å². The number of rotatable bonds is 8. The smallest absolute Gasteiger partial charge is 0.279 e. The molecule has 3 aromatic rings. The predicted molar refractivity (Wildman–Crippen MR) is 152 cm³/mol. The van der Waals surface area contributed by atoms with Gasteiger partial charge in [0.25, 0.3) is 5.56 Å². The van der Waals surface area contributed by atoms with E-state index in [4.69, 9.17) is 21.1 Å². The lowest BCUT2D eigenvalue weighted by atomic mass is 9.99. The Hall–Kier alpha value is -4.15. The van der Waals surface area contributed by atoms with Gasteiger partial charge in [-0.1, -0.05) is 29.8 Å². The molecule has 1 fully saturated rings. The third-order valence-corrected chi connectivity index (χ3v) is 6.90. The maximum atomic E-state index is 13.6. The van der Waals surface area contributed by atoms with E-state index >= 15 is 0 Å². The first-order chi connectivity index (χ1) is 19.4. The quantitative estimate of drug-likeness (QED) is 0.329. The van der Waals surface area contributed by atoms with Gasteiger partial charge in [0.2, 0.25) is 11.9 Å². The summed E-state index contributed by atoms with van der Waals surface area (Å²) >= 11 is 6.05. The molecular weight excluding hydrogens is 537 g/mol. The van der Waals surface area contributed by atoms with Gasteiger partial charge in [-0.2, -0.15) is 4.39 Å². The maximum absolute atomic E-state index is 13.6. The number of aryl methyl sites for hydroxylation is 1. The van der Waals surface area contributed by atoms with Crippen LogP contribution < -0.4 is 26.2 Å². The van der Waals surface area contributed by atoms with Crippen molar-refractivity contribution in [2.24, 2.45) is 5.92 Å². The molecule has 1 saturated heterocycles. The Morgan fingerprint density at radius 2 is 2.00 bits per heavy atom. The van der Waals surface area contributed by atoms with Crippen LogP contribution in [0.25, 0.3) is 0 Å². The van der Waals surface area contributed by atoms with Crippen LogP contribution in [0.3, 0.4) is 0 Å². The highest BCUT2D eigenvalue weighted by Crippen LogP contribution is 2.26. The Bertz CT molecular complexity index is 1500. The highest BCUT2D eigenvalue weighted by molar-refractivity contribution is 6.30. The molecule has 2 aliphatic heterocycles. The zero-order valence-electron chi connectivity index (χ0n) is 21.8. The van der Waals surface area contributed by atoms with E-state index < -0.39 is 17.7 Å². The van der Waals surface area contributed by atoms with Crippen LogP contribution in [0, 0.1) is 12.8 Å². The minimum Gasteiger partial charge on any atom is -0.467 e. The average molecular weight is 566 g/mol. The van der Waals surface area contributed by atoms with Gasteiger partial charge in [-0.15, -0.1) is 0 Å². The molecular formula is C29H29ClFN5O4. The lowest BCUT2D eigenvalue weighted by Gasteiger charge is -2.22. The largest absolute Gasteiger partial charge is 0.467 e. The molecule has 2 aromatic carbocycles. The van der Waals surface area contributed by atoms with E-state index in [0.29, 0.717) is 48.5 Å². The van der Waals surface area contributed by atoms with Gasteiger partial charge in [-0.3, -0.25) is 14.2 Å². The molecule has 0 spiro atoms. The molecule has 1 amide bonds. The van der Waals surface area contributed by atoms with Gasteiger partial charge in [-0.25, -0.2) is 4.98 Å². The van der Waals surface area contributed by atoms with E-state index in [0.717, 1.165) is 11.1 Å². The van der Waals surface area contributed by atoms with Gasteiger partial charge in [0.05, 0.1) is 12.7 Å². The summed E-state index contributed by atoms with van der Waals surface area (Å²) in [5, 5.41) is 9.16. The number of ether oxygens (including phenoxy) is 2. The van der Waals surface area contributed by atoms with Crippen LogP contribution in [0.5, 0.6) is 5.75 Å². The highest BCUT2D eigenvalue weighted by atomic mass is 35.5. The molecule has 1 aromatic heterocycles. The molecule has 1 atom stereocenters. The fraction of sp³-hybridized carbons (Fsp3) is 0.276. The van der Waals surface area contributed by atoms with Gasteiger partial charge < -0.3 is 25.4 Å². The molecule has 2 aliphatic rings. The molecule has 3 N–H and O–H groups in total. The minimum atomic E-state index is -0.627. The van der Waals surface area contributed by atoms with Crippen molar-refractivity contribution in [3.63, 3.8) is 0 Å². The lowest BCUT2D eigenvalue weighted by molar-refractivity contribution is -0.122. The summed E-state index contributed by atoms with van der Waals surface area (Å²) in [6.45, 7) is 3.10. The lowest BCUT2D eigenvalue weighted by Crippen LogP contribution is -2.33. The fourth-order valence-electron chi connectivity index (χ4n) is 4.46. The van der Waals surface area contributed by atoms with Crippen molar-refractivity contribution in [1.29, 1.82) is 0 Å². The number of aromatic nitrogens is 2. The summed E-state index contributed by atoms with van der Waals surface area (Å²) < 4.78 is 26.2. The Morgan fingerprint density at radius 3 is 2.73 bits per heavy atom. The van der Waals surface area contributed by atoms with Gasteiger partial charge in [0, 0.05) is 29.8 Å². The second kappa shape index (κ2) is 12.4. The second-order valence-electron chi connectivity index (χ2n) is 9.58. The number of halogens is 2. The van der Waals surface area contributed by atoms with Crippen LogP contribution in [-0.4, -0.2) is 34.9 Å². The van der Waals surface area contributed by atoms with Crippen molar-refractivity contribution in [3.05, 3.63) is 99.3 Å². The Labute approximate surface area is 235 Å². The molecule has 0 aliphatic carbocycles. The minimum absolute atomic E-state index is 0.102. The molecule has 0 bridgehead atoms. The second-order valence-corrected chi connectivity index (χ2v) is 10.0. The Balaban J connectivity index is 1.39. The van der Waals surface area contributed by atoms with Gasteiger partial charge in [-0.05, 0) is 73.4 Å². The summed E-state index contributed by atoms with van der Waals surface area (Å²) in [6.07, 6.45) is 6.56. The van der Waals surface area contributed by atoms with Crippen LogP contribution in [0.2, 0.25) is 5.02 Å². The van der Waals surface area contributed by atoms with Crippen molar-refractivity contribution < 1.29 is 18.7 Å². The Kier molecular flexibility index (Phi) is 8.47. The molecule has 9 nitrogen and oxygen atoms in total. The van der Waals surface area contributed by atoms with Crippen molar-refractivity contribution in [3.8, 4) is 5.75 Å². The SMILES string of the molecule is Cc1cc(Nc2ncc(NC(=O)C3CCOCC3)c(=O)n2Cc2ccc(Cl)cc2)ccc1OC1C=CC=C(F)N1. The number of carbonyl (C=O) groups is 1. The third-order valence-electron chi connectivity index (χ3n) is 6.64. The first-order valence-electron chi connectivity index (χ1n) is 12.9. The van der Waals surface area contributed by atoms with E-state index in [9.17, 15) is 14.0 Å². The zero-order chi connectivity index (χ0) is 28.1. The summed E-state index contributed by atoms with van der Waals surface area (Å²) in [7, 11) is 0. The summed E-state index contributed by atoms with van der Waals surface area (Å²) in [5.74, 6) is -0.0437. The van der Waals surface area contributed by atoms with Crippen molar-refractivity contribution in [2.45, 2.75) is 32.5 Å². The first-order valence-corrected chi connectivity index (χ1v) is 13.3. The monoisotopic (exact) mass is 565 g/mol. The molecule has 0 radical (unpaired) electrons. The summed E-state index contributed by atoms with van der Waals surface area (Å²) in [4.78, 5) is 30.9. The van der Waals surface area contributed by atoms with E-state index in [1.807, 2.05) is 25.1 Å². The molecule has 11 heteroatoms. The number of amides is 1. The number of allylic oxidation sites excluding steroid dienone is 2. The molecule has 0 saturated carbocycles. The number of nitrogens with one attached hydrogen (secondary N) is 3. The van der Waals surface area contributed by atoms with Crippen LogP contribution >= 0.6 is 11.6 Å². The van der Waals surface area contributed by atoms with Crippen molar-refractivity contribution in [2.75, 3.05) is 23.8 Å². The Morgan fingerprint density at radius 1 is 1.23 bits per heavy atom. The van der Waals surface area contributed by atoms with Crippen molar-refractivity contribution >= 4 is 34.8 Å². The number of carbonyl (C=O) groups excluding carboxylic acids is 1. The maximum Gasteiger partial charge on any atom is 0.279 e. The zero-order valence-corrected chi connectivity index (χ0v) is 22.6. The summed E-state index contributed by atoms with van der Waals surface area (Å²) in [5.41, 5.74) is 2.00. The normalized spacial score (nSPS) is 17.1. The van der Waals surface area contributed by atoms with Gasteiger partial charge in [0.15, 0.2) is 12.2 Å². The number of dihydropyridines is 1. The third kappa shape index (κ3) is 6.70. The molecule has 40 heavy (non-hydrogen) atoms. The number of nitrogens with zero attached hydrogens (tertiary/aromatic N) is 2. The first kappa shape index (κ1) is 27.4. The molecule has 3 heterocycles. The number of hydrogen-bond acceptors (Lipinski definition) is 7. The number of hydrogen-bond donors (Lipinski definition) is 3. The number of benzene rings is 2. The fourth-order valence-corrected chi connectivity index (χ4v) is 4.58. The van der Waals surface area contributed by atoms with Gasteiger partial charge in [0.1, 0.15) is 11.4 Å². The van der Waals surface area contributed by atoms with E-state index in [1.54, 1.807) is 36.4 Å². The molecule has 1 unspecified atom stereocenters. The van der Waals surface area contributed by atoms with Crippen LogP contribution in [0.15, 0.2) is 77.6 Å². The van der Waals surface area contributed by atoms with Crippen LogP contribution in [0.4, 0.5) is 21.7 Å². The average Bonchev–Trinajstić information content (AvgIpc) is 2.95. The molecule has 5 rings (SSSR count). The molecule has 208 valence electrons. The standard InChI is InChI=1S/C29H29ClFN5O4/c1-18-15-22(9-10-24(18)40-26-4-2-3-25(31)35-26)33-29-32-16-23(34-27(37)20-11-13-39-14-12-20)28(38)36(29)17-19-5-7-21(30)8-6-19/h2-10,15-16,20,26,35H,11-14,17H2,1H3,(H,32,33)(H,34,37). The topological polar surface area (TPSA) is 107 Å². The number of anilines is 3. The van der Waals surface area contributed by atoms with E-state index in [1.165, 1.54) is 16.8 Å². The van der Waals surface area contributed by atoms with E-state index in [2.05, 4.69) is 20.9 Å². The van der Waals surface area contributed by atoms with Crippen molar-refractivity contribution in [1.82, 2.24) is 14.9 Å². The van der Waals surface area contributed by atoms with Crippen LogP contribution in [-0.2, 0) is 16.1 Å². The highest BCUT2D eigenvalue weighted by Gasteiger charge is 2.23. The predicted octanol–water partition coefficient (Wildman–Crippen LogP) is 5.04. The van der Waals surface area contributed by atoms with Crippen LogP contribution in [0.1, 0.15) is 24.0 Å². The summed E-state index contributed by atoms with van der Waals surface area (Å²) in [6, 6.07) is 12.5. The van der Waals surface area contributed by atoms with E-state index in [-0.39, 0.29) is 24.1 Å².